The molecule has 0 spiro atoms. The summed E-state index contributed by atoms with van der Waals surface area (Å²) in [6.45, 7) is 10.5. The van der Waals surface area contributed by atoms with Crippen LogP contribution in [-0.4, -0.2) is 38.0 Å². The van der Waals surface area contributed by atoms with Crippen molar-refractivity contribution in [1.29, 1.82) is 0 Å². The fraction of sp³-hybridized carbons (Fsp3) is 0.857. The van der Waals surface area contributed by atoms with Gasteiger partial charge in [0.05, 0.1) is 18.8 Å². The van der Waals surface area contributed by atoms with Crippen molar-refractivity contribution in [1.82, 2.24) is 5.32 Å². The van der Waals surface area contributed by atoms with Crippen molar-refractivity contribution >= 4 is 0 Å². The Labute approximate surface area is 106 Å². The van der Waals surface area contributed by atoms with Gasteiger partial charge in [-0.2, -0.15) is 0 Å². The SMILES string of the molecule is C=CCCCOCC1CCC(CNC(C)C)O1. The summed E-state index contributed by atoms with van der Waals surface area (Å²) < 4.78 is 11.5. The Morgan fingerprint density at radius 3 is 2.88 bits per heavy atom. The number of allylic oxidation sites excluding steroid dienone is 1. The van der Waals surface area contributed by atoms with Crippen LogP contribution in [0.5, 0.6) is 0 Å². The van der Waals surface area contributed by atoms with Crippen LogP contribution in [0.1, 0.15) is 39.5 Å². The molecule has 2 atom stereocenters. The summed E-state index contributed by atoms with van der Waals surface area (Å²) in [6, 6.07) is 0.535. The molecule has 0 bridgehead atoms. The van der Waals surface area contributed by atoms with E-state index in [0.717, 1.165) is 45.4 Å². The van der Waals surface area contributed by atoms with Crippen molar-refractivity contribution in [3.05, 3.63) is 12.7 Å². The summed E-state index contributed by atoms with van der Waals surface area (Å²) in [4.78, 5) is 0. The first-order valence-electron chi connectivity index (χ1n) is 6.80. The van der Waals surface area contributed by atoms with Gasteiger partial charge in [-0.15, -0.1) is 6.58 Å². The van der Waals surface area contributed by atoms with Gasteiger partial charge in [-0.1, -0.05) is 19.9 Å². The highest BCUT2D eigenvalue weighted by Crippen LogP contribution is 2.19. The highest BCUT2D eigenvalue weighted by molar-refractivity contribution is 4.75. The first kappa shape index (κ1) is 14.7. The van der Waals surface area contributed by atoms with Gasteiger partial charge in [0.25, 0.3) is 0 Å². The Hall–Kier alpha value is -0.380. The average Bonchev–Trinajstić information content (AvgIpc) is 2.74. The highest BCUT2D eigenvalue weighted by atomic mass is 16.5. The summed E-state index contributed by atoms with van der Waals surface area (Å²) in [7, 11) is 0. The van der Waals surface area contributed by atoms with Gasteiger partial charge in [-0.05, 0) is 25.7 Å². The molecule has 0 aromatic heterocycles. The molecule has 1 fully saturated rings. The minimum atomic E-state index is 0.303. The van der Waals surface area contributed by atoms with Gasteiger partial charge in [0.1, 0.15) is 0 Å². The molecule has 0 radical (unpaired) electrons. The molecule has 0 aromatic carbocycles. The van der Waals surface area contributed by atoms with Crippen molar-refractivity contribution in [3.63, 3.8) is 0 Å². The van der Waals surface area contributed by atoms with E-state index in [9.17, 15) is 0 Å². The zero-order valence-corrected chi connectivity index (χ0v) is 11.3. The van der Waals surface area contributed by atoms with Crippen LogP contribution >= 0.6 is 0 Å². The molecule has 1 aliphatic rings. The second kappa shape index (κ2) is 8.67. The van der Waals surface area contributed by atoms with E-state index < -0.39 is 0 Å². The van der Waals surface area contributed by atoms with Crippen molar-refractivity contribution < 1.29 is 9.47 Å². The molecule has 1 heterocycles. The third kappa shape index (κ3) is 6.81. The lowest BCUT2D eigenvalue weighted by Gasteiger charge is -2.16. The topological polar surface area (TPSA) is 30.5 Å². The smallest absolute Gasteiger partial charge is 0.0813 e. The number of ether oxygens (including phenoxy) is 2. The van der Waals surface area contributed by atoms with Crippen molar-refractivity contribution in [2.75, 3.05) is 19.8 Å². The third-order valence-electron chi connectivity index (χ3n) is 2.95. The fourth-order valence-electron chi connectivity index (χ4n) is 1.96. The summed E-state index contributed by atoms with van der Waals surface area (Å²) in [5.41, 5.74) is 0. The van der Waals surface area contributed by atoms with Gasteiger partial charge in [0.15, 0.2) is 0 Å². The Morgan fingerprint density at radius 2 is 2.18 bits per heavy atom. The van der Waals surface area contributed by atoms with Gasteiger partial charge in [-0.3, -0.25) is 0 Å². The van der Waals surface area contributed by atoms with E-state index in [4.69, 9.17) is 9.47 Å². The Morgan fingerprint density at radius 1 is 1.41 bits per heavy atom. The summed E-state index contributed by atoms with van der Waals surface area (Å²) >= 11 is 0. The summed E-state index contributed by atoms with van der Waals surface area (Å²) in [6.07, 6.45) is 6.99. The molecular formula is C14H27NO2. The van der Waals surface area contributed by atoms with E-state index in [1.54, 1.807) is 0 Å². The van der Waals surface area contributed by atoms with Crippen LogP contribution in [0.25, 0.3) is 0 Å². The zero-order valence-electron chi connectivity index (χ0n) is 11.3. The van der Waals surface area contributed by atoms with Crippen LogP contribution < -0.4 is 5.32 Å². The molecule has 1 N–H and O–H groups in total. The molecule has 100 valence electrons. The maximum atomic E-state index is 5.91. The molecule has 2 unspecified atom stereocenters. The highest BCUT2D eigenvalue weighted by Gasteiger charge is 2.24. The maximum Gasteiger partial charge on any atom is 0.0813 e. The third-order valence-corrected chi connectivity index (χ3v) is 2.95. The van der Waals surface area contributed by atoms with E-state index in [0.29, 0.717) is 18.2 Å². The number of nitrogens with one attached hydrogen (secondary N) is 1. The van der Waals surface area contributed by atoms with Crippen molar-refractivity contribution in [2.24, 2.45) is 0 Å². The van der Waals surface area contributed by atoms with E-state index in [2.05, 4.69) is 25.7 Å². The van der Waals surface area contributed by atoms with Crippen LogP contribution in [0.15, 0.2) is 12.7 Å². The minimum Gasteiger partial charge on any atom is -0.379 e. The van der Waals surface area contributed by atoms with Gasteiger partial charge in [-0.25, -0.2) is 0 Å². The maximum absolute atomic E-state index is 5.91. The van der Waals surface area contributed by atoms with E-state index in [1.165, 1.54) is 0 Å². The molecule has 0 amide bonds. The number of rotatable bonds is 9. The molecule has 1 rings (SSSR count). The molecule has 0 saturated carbocycles. The molecule has 0 aromatic rings. The average molecular weight is 241 g/mol. The number of hydrogen-bond acceptors (Lipinski definition) is 3. The predicted molar refractivity (Wildman–Crippen MR) is 71.3 cm³/mol. The van der Waals surface area contributed by atoms with Crippen LogP contribution in [-0.2, 0) is 9.47 Å². The lowest BCUT2D eigenvalue weighted by Crippen LogP contribution is -2.32. The molecule has 3 heteroatoms. The first-order valence-corrected chi connectivity index (χ1v) is 6.80. The standard InChI is InChI=1S/C14H27NO2/c1-4-5-6-9-16-11-14-8-7-13(17-14)10-15-12(2)3/h4,12-15H,1,5-11H2,2-3H3. The van der Waals surface area contributed by atoms with Crippen LogP contribution in [0.2, 0.25) is 0 Å². The van der Waals surface area contributed by atoms with Crippen LogP contribution in [0.3, 0.4) is 0 Å². The summed E-state index contributed by atoms with van der Waals surface area (Å²) in [5.74, 6) is 0. The van der Waals surface area contributed by atoms with Gasteiger partial charge < -0.3 is 14.8 Å². The zero-order chi connectivity index (χ0) is 12.5. The van der Waals surface area contributed by atoms with Gasteiger partial charge in [0, 0.05) is 19.2 Å². The fourth-order valence-corrected chi connectivity index (χ4v) is 1.96. The van der Waals surface area contributed by atoms with Crippen molar-refractivity contribution in [2.45, 2.75) is 57.8 Å². The Bertz CT molecular complexity index is 206. The van der Waals surface area contributed by atoms with Crippen molar-refractivity contribution in [3.8, 4) is 0 Å². The molecule has 1 aliphatic heterocycles. The lowest BCUT2D eigenvalue weighted by atomic mass is 10.2. The molecular weight excluding hydrogens is 214 g/mol. The molecule has 17 heavy (non-hydrogen) atoms. The monoisotopic (exact) mass is 241 g/mol. The first-order chi connectivity index (χ1) is 8.22. The van der Waals surface area contributed by atoms with E-state index in [-0.39, 0.29) is 0 Å². The minimum absolute atomic E-state index is 0.303. The number of hydrogen-bond donors (Lipinski definition) is 1. The van der Waals surface area contributed by atoms with E-state index >= 15 is 0 Å². The number of unbranched alkanes of at least 4 members (excludes halogenated alkanes) is 1. The largest absolute Gasteiger partial charge is 0.379 e. The van der Waals surface area contributed by atoms with Crippen LogP contribution in [0, 0.1) is 0 Å². The molecule has 1 saturated heterocycles. The van der Waals surface area contributed by atoms with Gasteiger partial charge in [0.2, 0.25) is 0 Å². The lowest BCUT2D eigenvalue weighted by molar-refractivity contribution is -0.0149. The molecule has 0 aliphatic carbocycles. The summed E-state index contributed by atoms with van der Waals surface area (Å²) in [5, 5.41) is 3.42. The molecule has 3 nitrogen and oxygen atoms in total. The second-order valence-corrected chi connectivity index (χ2v) is 5.03. The van der Waals surface area contributed by atoms with Crippen LogP contribution in [0.4, 0.5) is 0 Å². The van der Waals surface area contributed by atoms with Gasteiger partial charge >= 0.3 is 0 Å². The predicted octanol–water partition coefficient (Wildman–Crippen LogP) is 2.51. The van der Waals surface area contributed by atoms with E-state index in [1.807, 2.05) is 6.08 Å². The second-order valence-electron chi connectivity index (χ2n) is 5.03. The Kier molecular flexibility index (Phi) is 7.49. The quantitative estimate of drug-likeness (QED) is 0.497. The Balaban J connectivity index is 1.99. The normalized spacial score (nSPS) is 24.4.